The van der Waals surface area contributed by atoms with Crippen molar-refractivity contribution in [2.75, 3.05) is 12.3 Å². The van der Waals surface area contributed by atoms with Crippen molar-refractivity contribution >= 4 is 33.0 Å². The fraction of sp³-hybridized carbons (Fsp3) is 0.200. The molecule has 2 heterocycles. The van der Waals surface area contributed by atoms with Gasteiger partial charge in [-0.2, -0.15) is 0 Å². The summed E-state index contributed by atoms with van der Waals surface area (Å²) in [5.41, 5.74) is 7.82. The molecule has 0 aliphatic carbocycles. The van der Waals surface area contributed by atoms with Crippen LogP contribution in [0.15, 0.2) is 36.9 Å². The Kier molecular flexibility index (Phi) is 3.62. The summed E-state index contributed by atoms with van der Waals surface area (Å²) < 4.78 is 2.99. The van der Waals surface area contributed by atoms with Gasteiger partial charge in [0.15, 0.2) is 0 Å². The zero-order valence-electron chi connectivity index (χ0n) is 11.7. The third-order valence-corrected chi connectivity index (χ3v) is 4.73. The molecule has 6 heteroatoms. The maximum atomic E-state index is 12.3. The van der Waals surface area contributed by atoms with Gasteiger partial charge in [0.05, 0.1) is 12.0 Å². The molecule has 0 saturated heterocycles. The fourth-order valence-corrected chi connectivity index (χ4v) is 3.35. The predicted octanol–water partition coefficient (Wildman–Crippen LogP) is 2.42. The summed E-state index contributed by atoms with van der Waals surface area (Å²) in [4.78, 5) is 16.8. The zero-order valence-corrected chi connectivity index (χ0v) is 12.5. The number of hydrogen-bond acceptors (Lipinski definition) is 4. The smallest absolute Gasteiger partial charge is 0.263 e. The lowest BCUT2D eigenvalue weighted by Crippen LogP contribution is -2.26. The Morgan fingerprint density at radius 3 is 3.05 bits per heavy atom. The zero-order chi connectivity index (χ0) is 14.8. The van der Waals surface area contributed by atoms with Gasteiger partial charge in [-0.1, -0.05) is 18.2 Å². The third kappa shape index (κ3) is 2.62. The molecule has 3 N–H and O–H groups in total. The molecule has 0 spiro atoms. The number of carbonyl (C=O) groups excluding carboxylic acids is 1. The number of benzene rings is 1. The lowest BCUT2D eigenvalue weighted by molar-refractivity contribution is 0.0957. The molecule has 0 saturated carbocycles. The Bertz CT molecular complexity index is 776. The van der Waals surface area contributed by atoms with Gasteiger partial charge in [-0.05, 0) is 12.5 Å². The predicted molar refractivity (Wildman–Crippen MR) is 85.5 cm³/mol. The monoisotopic (exact) mass is 300 g/mol. The maximum absolute atomic E-state index is 12.3. The number of rotatable bonds is 4. The summed E-state index contributed by atoms with van der Waals surface area (Å²) in [7, 11) is 0. The van der Waals surface area contributed by atoms with Gasteiger partial charge >= 0.3 is 0 Å². The first-order valence-corrected chi connectivity index (χ1v) is 7.50. The van der Waals surface area contributed by atoms with Crippen molar-refractivity contribution in [3.63, 3.8) is 0 Å². The van der Waals surface area contributed by atoms with E-state index in [0.717, 1.165) is 15.6 Å². The van der Waals surface area contributed by atoms with Crippen LogP contribution in [0.2, 0.25) is 0 Å². The number of aromatic nitrogens is 2. The molecular weight excluding hydrogens is 284 g/mol. The average molecular weight is 300 g/mol. The van der Waals surface area contributed by atoms with Crippen molar-refractivity contribution in [3.05, 3.63) is 47.4 Å². The van der Waals surface area contributed by atoms with E-state index >= 15 is 0 Å². The minimum atomic E-state index is -0.117. The number of nitrogen functional groups attached to an aromatic ring is 1. The molecule has 0 unspecified atom stereocenters. The molecule has 0 radical (unpaired) electrons. The van der Waals surface area contributed by atoms with Crippen molar-refractivity contribution < 1.29 is 4.79 Å². The van der Waals surface area contributed by atoms with Crippen LogP contribution in [0.25, 0.3) is 10.1 Å². The molecule has 108 valence electrons. The second-order valence-corrected chi connectivity index (χ2v) is 5.87. The highest BCUT2D eigenvalue weighted by Gasteiger charge is 2.16. The number of fused-ring (bicyclic) bond motifs is 1. The van der Waals surface area contributed by atoms with E-state index in [4.69, 9.17) is 5.73 Å². The second-order valence-electron chi connectivity index (χ2n) is 4.85. The van der Waals surface area contributed by atoms with E-state index in [-0.39, 0.29) is 5.91 Å². The standard InChI is InChI=1S/C15H16N4OS/c1-10-3-2-4-11-12(16)14(21-13(10)11)15(20)18-6-8-19-7-5-17-9-19/h2-5,7,9H,6,8,16H2,1H3,(H,18,20). The molecule has 3 rings (SSSR count). The number of nitrogens with one attached hydrogen (secondary N) is 1. The first-order chi connectivity index (χ1) is 10.2. The molecule has 0 atom stereocenters. The highest BCUT2D eigenvalue weighted by Crippen LogP contribution is 2.35. The number of nitrogens with two attached hydrogens (primary N) is 1. The van der Waals surface area contributed by atoms with Gasteiger partial charge in [-0.25, -0.2) is 4.98 Å². The Labute approximate surface area is 126 Å². The number of carbonyl (C=O) groups is 1. The van der Waals surface area contributed by atoms with Crippen molar-refractivity contribution in [2.24, 2.45) is 0 Å². The highest BCUT2D eigenvalue weighted by molar-refractivity contribution is 7.21. The van der Waals surface area contributed by atoms with E-state index in [1.165, 1.54) is 11.3 Å². The topological polar surface area (TPSA) is 72.9 Å². The summed E-state index contributed by atoms with van der Waals surface area (Å²) in [6.07, 6.45) is 5.31. The molecule has 5 nitrogen and oxygen atoms in total. The van der Waals surface area contributed by atoms with Crippen LogP contribution in [0.5, 0.6) is 0 Å². The molecule has 0 aliphatic heterocycles. The summed E-state index contributed by atoms with van der Waals surface area (Å²) in [6.45, 7) is 3.26. The lowest BCUT2D eigenvalue weighted by Gasteiger charge is -2.05. The molecule has 21 heavy (non-hydrogen) atoms. The summed E-state index contributed by atoms with van der Waals surface area (Å²) in [6, 6.07) is 5.94. The molecule has 1 aromatic carbocycles. The van der Waals surface area contributed by atoms with Crippen molar-refractivity contribution in [1.82, 2.24) is 14.9 Å². The van der Waals surface area contributed by atoms with Crippen LogP contribution in [0.1, 0.15) is 15.2 Å². The Hall–Kier alpha value is -2.34. The van der Waals surface area contributed by atoms with Gasteiger partial charge in [0.2, 0.25) is 0 Å². The van der Waals surface area contributed by atoms with E-state index in [1.54, 1.807) is 12.5 Å². The minimum Gasteiger partial charge on any atom is -0.397 e. The van der Waals surface area contributed by atoms with Crippen LogP contribution in [-0.4, -0.2) is 22.0 Å². The second kappa shape index (κ2) is 5.57. The number of thiophene rings is 1. The van der Waals surface area contributed by atoms with Crippen molar-refractivity contribution in [2.45, 2.75) is 13.5 Å². The van der Waals surface area contributed by atoms with Crippen LogP contribution in [-0.2, 0) is 6.54 Å². The third-order valence-electron chi connectivity index (χ3n) is 3.37. The van der Waals surface area contributed by atoms with E-state index in [2.05, 4.69) is 10.3 Å². The van der Waals surface area contributed by atoms with Crippen LogP contribution in [0, 0.1) is 6.92 Å². The lowest BCUT2D eigenvalue weighted by atomic mass is 10.1. The Balaban J connectivity index is 1.75. The average Bonchev–Trinajstić information content (AvgIpc) is 3.08. The van der Waals surface area contributed by atoms with Crippen LogP contribution in [0.4, 0.5) is 5.69 Å². The van der Waals surface area contributed by atoms with Crippen molar-refractivity contribution in [3.8, 4) is 0 Å². The minimum absolute atomic E-state index is 0.117. The van der Waals surface area contributed by atoms with Gasteiger partial charge in [0, 0.05) is 35.6 Å². The van der Waals surface area contributed by atoms with Gasteiger partial charge in [0.25, 0.3) is 5.91 Å². The molecule has 1 amide bonds. The maximum Gasteiger partial charge on any atom is 0.263 e. The SMILES string of the molecule is Cc1cccc2c(N)c(C(=O)NCCn3ccnc3)sc12. The number of nitrogens with zero attached hydrogens (tertiary/aromatic N) is 2. The van der Waals surface area contributed by atoms with E-state index in [0.29, 0.717) is 23.7 Å². The molecule has 0 bridgehead atoms. The molecule has 2 aromatic heterocycles. The largest absolute Gasteiger partial charge is 0.397 e. The molecular formula is C15H16N4OS. The van der Waals surface area contributed by atoms with E-state index in [9.17, 15) is 4.79 Å². The van der Waals surface area contributed by atoms with Gasteiger partial charge < -0.3 is 15.6 Å². The van der Waals surface area contributed by atoms with E-state index < -0.39 is 0 Å². The first-order valence-electron chi connectivity index (χ1n) is 6.68. The number of anilines is 1. The Morgan fingerprint density at radius 1 is 1.48 bits per heavy atom. The molecule has 0 fully saturated rings. The molecule has 0 aliphatic rings. The Morgan fingerprint density at radius 2 is 2.33 bits per heavy atom. The van der Waals surface area contributed by atoms with Crippen LogP contribution < -0.4 is 11.1 Å². The van der Waals surface area contributed by atoms with Gasteiger partial charge in [-0.15, -0.1) is 11.3 Å². The number of amides is 1. The first kappa shape index (κ1) is 13.6. The molecule has 3 aromatic rings. The summed E-state index contributed by atoms with van der Waals surface area (Å²) >= 11 is 1.45. The highest BCUT2D eigenvalue weighted by atomic mass is 32.1. The van der Waals surface area contributed by atoms with E-state index in [1.807, 2.05) is 35.9 Å². The van der Waals surface area contributed by atoms with Crippen molar-refractivity contribution in [1.29, 1.82) is 0 Å². The van der Waals surface area contributed by atoms with Gasteiger partial charge in [0.1, 0.15) is 4.88 Å². The normalized spacial score (nSPS) is 10.9. The van der Waals surface area contributed by atoms with Crippen LogP contribution >= 0.6 is 11.3 Å². The quantitative estimate of drug-likeness (QED) is 0.777. The van der Waals surface area contributed by atoms with Gasteiger partial charge in [-0.3, -0.25) is 4.79 Å². The fourth-order valence-electron chi connectivity index (χ4n) is 2.25. The number of imidazole rings is 1. The summed E-state index contributed by atoms with van der Waals surface area (Å²) in [5.74, 6) is -0.117. The number of aryl methyl sites for hydroxylation is 1. The van der Waals surface area contributed by atoms with Crippen LogP contribution in [0.3, 0.4) is 0 Å². The number of hydrogen-bond donors (Lipinski definition) is 2. The summed E-state index contributed by atoms with van der Waals surface area (Å²) in [5, 5.41) is 3.86.